The molecule has 0 radical (unpaired) electrons. The van der Waals surface area contributed by atoms with Gasteiger partial charge in [-0.3, -0.25) is 4.79 Å². The van der Waals surface area contributed by atoms with E-state index in [1.54, 1.807) is 61.5 Å². The average molecular weight is 965 g/mol. The highest BCUT2D eigenvalue weighted by Gasteiger charge is 2.56. The highest BCUT2D eigenvalue weighted by Crippen LogP contribution is 2.40. The molecule has 0 amide bonds. The van der Waals surface area contributed by atoms with Gasteiger partial charge >= 0.3 is 29.8 Å². The van der Waals surface area contributed by atoms with E-state index >= 15 is 0 Å². The predicted octanol–water partition coefficient (Wildman–Crippen LogP) is 5.04. The van der Waals surface area contributed by atoms with Gasteiger partial charge in [0.2, 0.25) is 0 Å². The number of methoxy groups -OCH3 is 1. The zero-order chi connectivity index (χ0) is 49.6. The van der Waals surface area contributed by atoms with Gasteiger partial charge in [0.15, 0.2) is 30.9 Å². The number of unbranched alkanes of at least 4 members (excludes halogenated alkanes) is 4. The number of carbonyl (C=O) groups excluding carboxylic acids is 4. The van der Waals surface area contributed by atoms with E-state index in [1.165, 1.54) is 50.4 Å². The summed E-state index contributed by atoms with van der Waals surface area (Å²) in [6, 6.07) is 23.8. The Hall–Kier alpha value is -5.31. The van der Waals surface area contributed by atoms with Crippen molar-refractivity contribution in [1.82, 2.24) is 0 Å². The third-order valence-electron chi connectivity index (χ3n) is 12.7. The topological polar surface area (TPSA) is 249 Å². The lowest BCUT2D eigenvalue weighted by atomic mass is 9.78. The van der Waals surface area contributed by atoms with E-state index in [1.807, 2.05) is 0 Å². The van der Waals surface area contributed by atoms with Crippen molar-refractivity contribution in [2.45, 2.75) is 152 Å². The van der Waals surface area contributed by atoms with Gasteiger partial charge in [0.25, 0.3) is 0 Å². The van der Waals surface area contributed by atoms with Crippen molar-refractivity contribution in [2.75, 3.05) is 13.7 Å². The summed E-state index contributed by atoms with van der Waals surface area (Å²) < 4.78 is 55.5. The molecule has 1 aliphatic carbocycles. The fourth-order valence-corrected chi connectivity index (χ4v) is 8.89. The van der Waals surface area contributed by atoms with Crippen LogP contribution in [0.5, 0.6) is 0 Å². The Balaban J connectivity index is 1.46. The van der Waals surface area contributed by atoms with E-state index in [4.69, 9.17) is 42.6 Å². The highest BCUT2D eigenvalue weighted by molar-refractivity contribution is 5.90. The Bertz CT molecular complexity index is 2110. The van der Waals surface area contributed by atoms with Crippen LogP contribution in [0, 0.1) is 11.8 Å². The number of hydrogen-bond donors (Lipinski definition) is 4. The van der Waals surface area contributed by atoms with Gasteiger partial charge in [-0.25, -0.2) is 19.2 Å². The molecule has 0 aromatic heterocycles. The molecule has 18 heteroatoms. The Labute approximate surface area is 401 Å². The first-order valence-electron chi connectivity index (χ1n) is 23.6. The minimum Gasteiger partial charge on any atom is -0.479 e. The van der Waals surface area contributed by atoms with Gasteiger partial charge in [-0.1, -0.05) is 101 Å². The zero-order valence-electron chi connectivity index (χ0n) is 39.2. The molecule has 0 bridgehead atoms. The number of aliphatic carboxylic acids is 1. The summed E-state index contributed by atoms with van der Waals surface area (Å²) in [6.07, 6.45) is -15.5. The molecule has 0 spiro atoms. The third-order valence-corrected chi connectivity index (χ3v) is 12.7. The Morgan fingerprint density at radius 1 is 0.638 bits per heavy atom. The smallest absolute Gasteiger partial charge is 0.338 e. The number of hydrogen-bond acceptors (Lipinski definition) is 17. The molecule has 3 fully saturated rings. The van der Waals surface area contributed by atoms with Gasteiger partial charge in [-0.15, -0.1) is 0 Å². The number of carbonyl (C=O) groups is 5. The van der Waals surface area contributed by atoms with Crippen LogP contribution < -0.4 is 0 Å². The predicted molar refractivity (Wildman–Crippen MR) is 242 cm³/mol. The second-order valence-corrected chi connectivity index (χ2v) is 17.7. The molecular formula is C51H64O18. The van der Waals surface area contributed by atoms with Crippen LogP contribution in [-0.2, 0) is 52.2 Å². The number of ether oxygens (including phenoxy) is 9. The summed E-state index contributed by atoms with van der Waals surface area (Å²) in [5.41, 5.74) is 0.357. The van der Waals surface area contributed by atoms with Crippen LogP contribution in [0.1, 0.15) is 103 Å². The molecule has 9 unspecified atom stereocenters. The van der Waals surface area contributed by atoms with Crippen LogP contribution in [0.3, 0.4) is 0 Å². The molecule has 2 heterocycles. The van der Waals surface area contributed by atoms with E-state index in [2.05, 4.69) is 6.92 Å². The molecule has 4 N–H and O–H groups in total. The van der Waals surface area contributed by atoms with Gasteiger partial charge in [0, 0.05) is 0 Å². The number of carboxylic acid groups (broad SMARTS) is 1. The molecule has 2 aliphatic heterocycles. The summed E-state index contributed by atoms with van der Waals surface area (Å²) in [5, 5.41) is 42.9. The maximum absolute atomic E-state index is 14.2. The number of benzene rings is 3. The lowest BCUT2D eigenvalue weighted by Crippen LogP contribution is -2.65. The zero-order valence-corrected chi connectivity index (χ0v) is 39.2. The molecule has 18 nitrogen and oxygen atoms in total. The normalized spacial score (nSPS) is 30.6. The van der Waals surface area contributed by atoms with Crippen LogP contribution in [0.4, 0.5) is 0 Å². The van der Waals surface area contributed by atoms with E-state index in [0.717, 1.165) is 19.3 Å². The van der Waals surface area contributed by atoms with E-state index in [0.29, 0.717) is 12.8 Å². The SMILES string of the molecule is CCCCCCC[C@H](OC1C(OC(=O)c2ccccc2)[C@H](O[C@@H]2CC(C(=O)OC)CC(C)C2O[C@@H]2OC(C)[C@@H](O)C(O)C2O)OC(COC(=O)c2ccccc2)[C@@H]1OC(=O)c1ccccc1)C(=O)O. The van der Waals surface area contributed by atoms with Gasteiger partial charge in [-0.2, -0.15) is 0 Å². The molecule has 3 aliphatic rings. The van der Waals surface area contributed by atoms with E-state index in [9.17, 15) is 44.4 Å². The van der Waals surface area contributed by atoms with Crippen molar-refractivity contribution in [3.63, 3.8) is 0 Å². The van der Waals surface area contributed by atoms with Crippen LogP contribution >= 0.6 is 0 Å². The summed E-state index contributed by atoms with van der Waals surface area (Å²) in [5.74, 6) is -5.86. The second-order valence-electron chi connectivity index (χ2n) is 17.7. The van der Waals surface area contributed by atoms with Crippen molar-refractivity contribution >= 4 is 29.8 Å². The number of rotatable bonds is 21. The number of aliphatic hydroxyl groups excluding tert-OH is 3. The summed E-state index contributed by atoms with van der Waals surface area (Å²) >= 11 is 0. The van der Waals surface area contributed by atoms with Gasteiger partial charge in [0.05, 0.1) is 48.0 Å². The lowest BCUT2D eigenvalue weighted by Gasteiger charge is -2.48. The molecular weight excluding hydrogens is 901 g/mol. The largest absolute Gasteiger partial charge is 0.479 e. The van der Waals surface area contributed by atoms with Crippen LogP contribution in [0.25, 0.3) is 0 Å². The van der Waals surface area contributed by atoms with Gasteiger partial charge < -0.3 is 63.1 Å². The molecule has 3 aromatic carbocycles. The van der Waals surface area contributed by atoms with Crippen molar-refractivity contribution in [3.05, 3.63) is 108 Å². The van der Waals surface area contributed by atoms with E-state index in [-0.39, 0.29) is 36.0 Å². The number of esters is 4. The molecule has 1 saturated carbocycles. The van der Waals surface area contributed by atoms with Gasteiger partial charge in [0.1, 0.15) is 37.1 Å². The third kappa shape index (κ3) is 13.9. The number of carboxylic acids is 1. The van der Waals surface area contributed by atoms with Crippen molar-refractivity contribution in [3.8, 4) is 0 Å². The Morgan fingerprint density at radius 3 is 1.77 bits per heavy atom. The molecule has 2 saturated heterocycles. The van der Waals surface area contributed by atoms with E-state index < -0.39 is 128 Å². The molecule has 3 aromatic rings. The fourth-order valence-electron chi connectivity index (χ4n) is 8.89. The van der Waals surface area contributed by atoms with Crippen molar-refractivity contribution in [2.24, 2.45) is 11.8 Å². The maximum atomic E-state index is 14.2. The minimum absolute atomic E-state index is 0.00778. The standard InChI is InChI=1S/C51H64O18/c1-5-6-7-8-18-25-35(45(55)56)64-43-42(67-48(59)32-21-14-10-15-22-32)37(28-62-47(58)31-19-12-9-13-20-31)66-51(44(43)68-49(60)33-23-16-11-17-24-33)65-36-27-34(46(57)61-4)26-29(2)41(36)69-50-40(54)39(53)38(52)30(3)63-50/h9-17,19-24,29-30,34-44,50-54H,5-8,18,25-28H2,1-4H3,(H,55,56)/t29?,30?,34?,35-,36+,37?,38+,39?,40?,41?,42-,43?,44?,50-,51+/m0/s1. The van der Waals surface area contributed by atoms with Crippen molar-refractivity contribution < 1.29 is 87.0 Å². The second kappa shape index (κ2) is 25.5. The van der Waals surface area contributed by atoms with Gasteiger partial charge in [-0.05, 0) is 68.5 Å². The summed E-state index contributed by atoms with van der Waals surface area (Å²) in [4.78, 5) is 68.2. The minimum atomic E-state index is -1.77. The Kier molecular flexibility index (Phi) is 19.6. The van der Waals surface area contributed by atoms with Crippen LogP contribution in [0.2, 0.25) is 0 Å². The first kappa shape index (κ1) is 53.0. The molecule has 69 heavy (non-hydrogen) atoms. The molecule has 6 rings (SSSR count). The molecule has 376 valence electrons. The first-order valence-corrected chi connectivity index (χ1v) is 23.6. The lowest BCUT2D eigenvalue weighted by molar-refractivity contribution is -0.348. The average Bonchev–Trinajstić information content (AvgIpc) is 3.36. The quantitative estimate of drug-likeness (QED) is 0.0620. The number of aliphatic hydroxyl groups is 3. The highest BCUT2D eigenvalue weighted by atomic mass is 16.8. The maximum Gasteiger partial charge on any atom is 0.338 e. The first-order chi connectivity index (χ1) is 33.2. The summed E-state index contributed by atoms with van der Waals surface area (Å²) in [6.45, 7) is 4.67. The Morgan fingerprint density at radius 2 is 1.20 bits per heavy atom. The fraction of sp³-hybridized carbons (Fsp3) is 0.549. The van der Waals surface area contributed by atoms with Crippen molar-refractivity contribution in [1.29, 1.82) is 0 Å². The van der Waals surface area contributed by atoms with Crippen LogP contribution in [0.15, 0.2) is 91.0 Å². The van der Waals surface area contributed by atoms with Crippen LogP contribution in [-0.4, -0.2) is 144 Å². The summed E-state index contributed by atoms with van der Waals surface area (Å²) in [7, 11) is 1.23. The monoisotopic (exact) mass is 964 g/mol. The molecule has 15 atom stereocenters.